The Morgan fingerprint density at radius 3 is 1.20 bits per heavy atom. The summed E-state index contributed by atoms with van der Waals surface area (Å²) in [7, 11) is 1.18. The summed E-state index contributed by atoms with van der Waals surface area (Å²) in [6, 6.07) is -0.894. The largest absolute Gasteiger partial charge is 0.756 e. The highest BCUT2D eigenvalue weighted by atomic mass is 31.2. The lowest BCUT2D eigenvalue weighted by molar-refractivity contribution is -0.870. The van der Waals surface area contributed by atoms with E-state index >= 15 is 0 Å². The topological polar surface area (TPSA) is 114 Å². The van der Waals surface area contributed by atoms with E-state index in [1.54, 1.807) is 0 Å². The van der Waals surface area contributed by atoms with Crippen molar-refractivity contribution in [2.75, 3.05) is 40.9 Å². The fourth-order valence-corrected chi connectivity index (χ4v) is 10.5. The molecule has 9 nitrogen and oxygen atoms in total. The number of phosphoric ester groups is 1. The molecule has 3 atom stereocenters. The monoisotopic (exact) mass is 1140 g/mol. The normalized spacial score (nSPS) is 14.0. The molecule has 3 unspecified atom stereocenters. The summed E-state index contributed by atoms with van der Waals surface area (Å²) in [5.74, 6) is -0.544. The summed E-state index contributed by atoms with van der Waals surface area (Å²) in [6.45, 7) is 6.75. The molecular weight excluding hydrogens is 1010 g/mol. The lowest BCUT2D eigenvalue weighted by Gasteiger charge is -2.30. The Labute approximate surface area is 495 Å². The molecule has 0 aromatic heterocycles. The van der Waals surface area contributed by atoms with Crippen LogP contribution in [0.2, 0.25) is 0 Å². The van der Waals surface area contributed by atoms with Crippen molar-refractivity contribution in [2.45, 2.75) is 322 Å². The van der Waals surface area contributed by atoms with E-state index in [1.807, 2.05) is 33.3 Å². The van der Waals surface area contributed by atoms with Gasteiger partial charge in [0, 0.05) is 12.8 Å². The quantitative estimate of drug-likeness (QED) is 0.0212. The van der Waals surface area contributed by atoms with Gasteiger partial charge in [-0.2, -0.15) is 0 Å². The van der Waals surface area contributed by atoms with Gasteiger partial charge in [-0.1, -0.05) is 293 Å². The zero-order chi connectivity index (χ0) is 58.6. The van der Waals surface area contributed by atoms with Crippen LogP contribution in [-0.4, -0.2) is 69.4 Å². The van der Waals surface area contributed by atoms with Crippen LogP contribution >= 0.6 is 7.82 Å². The number of allylic oxidation sites excluding steroid dienone is 11. The van der Waals surface area contributed by atoms with Gasteiger partial charge in [0.25, 0.3) is 7.82 Å². The number of rotatable bonds is 61. The number of nitrogens with one attached hydrogen (secondary N) is 1. The van der Waals surface area contributed by atoms with Crippen LogP contribution in [0.1, 0.15) is 310 Å². The Bertz CT molecular complexity index is 1600. The molecule has 10 heteroatoms. The minimum atomic E-state index is -4.70. The van der Waals surface area contributed by atoms with Gasteiger partial charge in [0.1, 0.15) is 19.3 Å². The summed E-state index contributed by atoms with van der Waals surface area (Å²) < 4.78 is 30.4. The maximum Gasteiger partial charge on any atom is 0.306 e. The van der Waals surface area contributed by atoms with Crippen molar-refractivity contribution in [1.29, 1.82) is 0 Å². The first-order chi connectivity index (χ1) is 38.9. The zero-order valence-corrected chi connectivity index (χ0v) is 54.2. The van der Waals surface area contributed by atoms with Crippen LogP contribution < -0.4 is 10.2 Å². The number of unbranched alkanes of at least 4 members (excludes halogenated alkanes) is 35. The fraction of sp³-hybridized carbons (Fsp3) is 0.800. The Morgan fingerprint density at radius 2 is 0.800 bits per heavy atom. The second-order valence-corrected chi connectivity index (χ2v) is 25.4. The van der Waals surface area contributed by atoms with E-state index in [9.17, 15) is 19.0 Å². The van der Waals surface area contributed by atoms with Crippen molar-refractivity contribution in [3.8, 4) is 0 Å². The first-order valence-corrected chi connectivity index (χ1v) is 35.2. The number of amides is 1. The van der Waals surface area contributed by atoms with E-state index in [-0.39, 0.29) is 24.9 Å². The number of phosphoric acid groups is 1. The highest BCUT2D eigenvalue weighted by Gasteiger charge is 2.27. The van der Waals surface area contributed by atoms with Gasteiger partial charge >= 0.3 is 5.97 Å². The summed E-state index contributed by atoms with van der Waals surface area (Å²) in [6.07, 6.45) is 77.3. The molecule has 0 aliphatic rings. The van der Waals surface area contributed by atoms with Crippen LogP contribution in [0.25, 0.3) is 0 Å². The number of carbonyl (C=O) groups excluding carboxylic acids is 2. The smallest absolute Gasteiger partial charge is 0.306 e. The van der Waals surface area contributed by atoms with E-state index in [4.69, 9.17) is 13.8 Å². The Hall–Kier alpha value is -2.55. The highest BCUT2D eigenvalue weighted by Crippen LogP contribution is 2.38. The second-order valence-electron chi connectivity index (χ2n) is 24.0. The molecule has 1 amide bonds. The predicted molar refractivity (Wildman–Crippen MR) is 344 cm³/mol. The lowest BCUT2D eigenvalue weighted by atomic mass is 10.0. The third-order valence-electron chi connectivity index (χ3n) is 14.9. The zero-order valence-electron chi connectivity index (χ0n) is 53.3. The van der Waals surface area contributed by atoms with E-state index in [0.29, 0.717) is 17.4 Å². The third-order valence-corrected chi connectivity index (χ3v) is 15.9. The molecule has 0 heterocycles. The molecule has 0 saturated heterocycles. The first kappa shape index (κ1) is 77.5. The Morgan fingerprint density at radius 1 is 0.450 bits per heavy atom. The van der Waals surface area contributed by atoms with Crippen molar-refractivity contribution >= 4 is 19.7 Å². The van der Waals surface area contributed by atoms with Crippen molar-refractivity contribution in [3.05, 3.63) is 72.9 Å². The molecule has 466 valence electrons. The van der Waals surface area contributed by atoms with Crippen molar-refractivity contribution < 1.29 is 37.3 Å². The second kappa shape index (κ2) is 59.6. The van der Waals surface area contributed by atoms with Gasteiger partial charge < -0.3 is 28.5 Å². The lowest BCUT2D eigenvalue weighted by Crippen LogP contribution is -2.47. The summed E-state index contributed by atoms with van der Waals surface area (Å²) >= 11 is 0. The van der Waals surface area contributed by atoms with E-state index in [1.165, 1.54) is 173 Å². The minimum absolute atomic E-state index is 0.0248. The SMILES string of the molecule is CC/C=C\C/C=C\C/C=C\C/C=C\C/C=C\CCCCCCCCCC(=O)OC(/C=C/CCCCCCCCCCCC)C(COP(=O)([O-])OCC[N+](C)(C)C)NC(=O)CCCCCCCCCCCCCCCCCCCCC. The van der Waals surface area contributed by atoms with Gasteiger partial charge in [-0.25, -0.2) is 0 Å². The van der Waals surface area contributed by atoms with Crippen molar-refractivity contribution in [2.24, 2.45) is 0 Å². The van der Waals surface area contributed by atoms with E-state index in [0.717, 1.165) is 103 Å². The van der Waals surface area contributed by atoms with Crippen molar-refractivity contribution in [1.82, 2.24) is 5.32 Å². The maximum atomic E-state index is 13.6. The van der Waals surface area contributed by atoms with Crippen LogP contribution in [0.3, 0.4) is 0 Å². The molecule has 80 heavy (non-hydrogen) atoms. The van der Waals surface area contributed by atoms with Crippen molar-refractivity contribution in [3.63, 3.8) is 0 Å². The molecular formula is C70H129N2O7P. The van der Waals surface area contributed by atoms with Crippen LogP contribution in [0.15, 0.2) is 72.9 Å². The molecule has 0 aromatic rings. The third kappa shape index (κ3) is 60.1. The maximum absolute atomic E-state index is 13.6. The van der Waals surface area contributed by atoms with Crippen LogP contribution in [0, 0.1) is 0 Å². The highest BCUT2D eigenvalue weighted by molar-refractivity contribution is 7.45. The Balaban J connectivity index is 5.16. The number of nitrogens with zero attached hydrogens (tertiary/aromatic N) is 1. The molecule has 0 aliphatic heterocycles. The molecule has 0 fully saturated rings. The molecule has 0 bridgehead atoms. The summed E-state index contributed by atoms with van der Waals surface area (Å²) in [4.78, 5) is 40.1. The van der Waals surface area contributed by atoms with Gasteiger partial charge in [0.2, 0.25) is 5.91 Å². The summed E-state index contributed by atoms with van der Waals surface area (Å²) in [5.41, 5.74) is 0. The fourth-order valence-electron chi connectivity index (χ4n) is 9.73. The van der Waals surface area contributed by atoms with Crippen LogP contribution in [-0.2, 0) is 27.9 Å². The number of likely N-dealkylation sites (N-methyl/N-ethyl adjacent to an activating group) is 1. The average Bonchev–Trinajstić information content (AvgIpc) is 3.43. The van der Waals surface area contributed by atoms with Gasteiger partial charge in [0.05, 0.1) is 33.8 Å². The van der Waals surface area contributed by atoms with Gasteiger partial charge in [-0.05, 0) is 76.7 Å². The molecule has 0 saturated carbocycles. The van der Waals surface area contributed by atoms with Crippen LogP contribution in [0.4, 0.5) is 0 Å². The molecule has 0 radical (unpaired) electrons. The van der Waals surface area contributed by atoms with E-state index in [2.05, 4.69) is 86.8 Å². The number of esters is 1. The summed E-state index contributed by atoms with van der Waals surface area (Å²) in [5, 5.41) is 3.04. The molecule has 0 aromatic carbocycles. The number of carbonyl (C=O) groups is 2. The number of hydrogen-bond donors (Lipinski definition) is 1. The average molecular weight is 1140 g/mol. The Kier molecular flexibility index (Phi) is 57.7. The molecule has 0 rings (SSSR count). The van der Waals surface area contributed by atoms with Gasteiger partial charge in [-0.15, -0.1) is 0 Å². The molecule has 0 aliphatic carbocycles. The first-order valence-electron chi connectivity index (χ1n) is 33.7. The number of ether oxygens (including phenoxy) is 1. The standard InChI is InChI=1S/C70H129N2O7P/c1-7-10-13-16-19-22-25-28-30-32-34-35-36-37-39-41-43-45-48-51-54-57-60-63-70(74)79-68(61-58-55-52-49-46-27-24-21-18-15-12-9-3)67(66-78-80(75,76)77-65-64-72(4,5)6)71-69(73)62-59-56-53-50-47-44-42-40-38-33-31-29-26-23-20-17-14-11-8-2/h10,13,19,22,28,30,34-35,37,39,58,61,67-68H,7-9,11-12,14-18,20-21,23-27,29,31-33,36,38,40-57,59-60,62-66H2,1-6H3,(H-,71,73,75,76)/b13-10-,22-19-,30-28-,35-34-,39-37-,61-58+. The minimum Gasteiger partial charge on any atom is -0.756 e. The van der Waals surface area contributed by atoms with Gasteiger partial charge in [-0.3, -0.25) is 14.2 Å². The molecule has 0 spiro atoms. The van der Waals surface area contributed by atoms with E-state index < -0.39 is 26.6 Å². The predicted octanol–water partition coefficient (Wildman–Crippen LogP) is 20.5. The van der Waals surface area contributed by atoms with Crippen LogP contribution in [0.5, 0.6) is 0 Å². The number of hydrogen-bond acceptors (Lipinski definition) is 7. The molecule has 1 N–H and O–H groups in total. The van der Waals surface area contributed by atoms with Gasteiger partial charge in [0.15, 0.2) is 0 Å². The number of quaternary nitrogens is 1.